The lowest BCUT2D eigenvalue weighted by molar-refractivity contribution is 0.178. The summed E-state index contributed by atoms with van der Waals surface area (Å²) in [6.07, 6.45) is 0. The smallest absolute Gasteiger partial charge is 0.191 e. The summed E-state index contributed by atoms with van der Waals surface area (Å²) < 4.78 is 5.82. The Balaban J connectivity index is 0.00000784. The van der Waals surface area contributed by atoms with Gasteiger partial charge in [0, 0.05) is 38.3 Å². The molecule has 0 fully saturated rings. The number of ether oxygens (including phenoxy) is 1. The summed E-state index contributed by atoms with van der Waals surface area (Å²) in [6, 6.07) is 9.26. The van der Waals surface area contributed by atoms with Crippen LogP contribution in [0.2, 0.25) is 0 Å². The molecule has 0 radical (unpaired) electrons. The Labute approximate surface area is 195 Å². The second-order valence-corrected chi connectivity index (χ2v) is 7.85. The maximum atomic E-state index is 5.82. The van der Waals surface area contributed by atoms with E-state index in [1.54, 1.807) is 0 Å². The van der Waals surface area contributed by atoms with E-state index in [1.807, 2.05) is 26.2 Å². The molecule has 7 heteroatoms. The van der Waals surface area contributed by atoms with Gasteiger partial charge in [-0.3, -0.25) is 4.90 Å². The highest BCUT2D eigenvalue weighted by Crippen LogP contribution is 2.14. The van der Waals surface area contributed by atoms with E-state index in [1.165, 1.54) is 0 Å². The SMILES string of the molecule is CCNC(=NCc1cccc(OCCN(C)C)c1)NCCN(C(C)C)C(C)C.I. The van der Waals surface area contributed by atoms with Crippen molar-refractivity contribution in [2.75, 3.05) is 46.9 Å². The predicted octanol–water partition coefficient (Wildman–Crippen LogP) is 3.42. The van der Waals surface area contributed by atoms with Gasteiger partial charge in [-0.2, -0.15) is 0 Å². The third-order valence-corrected chi connectivity index (χ3v) is 4.46. The van der Waals surface area contributed by atoms with Gasteiger partial charge in [-0.1, -0.05) is 12.1 Å². The van der Waals surface area contributed by atoms with Gasteiger partial charge in [0.05, 0.1) is 6.54 Å². The number of nitrogens with one attached hydrogen (secondary N) is 2. The van der Waals surface area contributed by atoms with Gasteiger partial charge in [0.1, 0.15) is 12.4 Å². The van der Waals surface area contributed by atoms with Crippen molar-refractivity contribution in [3.8, 4) is 5.75 Å². The van der Waals surface area contributed by atoms with Crippen LogP contribution in [0.1, 0.15) is 40.2 Å². The number of hydrogen-bond donors (Lipinski definition) is 2. The van der Waals surface area contributed by atoms with Crippen LogP contribution >= 0.6 is 24.0 Å². The van der Waals surface area contributed by atoms with Crippen LogP contribution in [0, 0.1) is 0 Å². The topological polar surface area (TPSA) is 52.1 Å². The largest absolute Gasteiger partial charge is 0.492 e. The second kappa shape index (κ2) is 15.7. The standard InChI is InChI=1S/C22H41N5O.HI/c1-8-23-22(24-12-13-27(18(2)3)19(4)5)25-17-20-10-9-11-21(16-20)28-15-14-26(6)7;/h9-11,16,18-19H,8,12-15,17H2,1-7H3,(H2,23,24,25);1H. The van der Waals surface area contributed by atoms with E-state index >= 15 is 0 Å². The molecule has 0 amide bonds. The van der Waals surface area contributed by atoms with Crippen LogP contribution in [-0.4, -0.2) is 74.7 Å². The van der Waals surface area contributed by atoms with E-state index in [2.05, 4.69) is 67.2 Å². The van der Waals surface area contributed by atoms with Crippen LogP contribution in [0.3, 0.4) is 0 Å². The average Bonchev–Trinajstić information content (AvgIpc) is 2.62. The van der Waals surface area contributed by atoms with E-state index in [4.69, 9.17) is 9.73 Å². The van der Waals surface area contributed by atoms with Crippen LogP contribution in [0.25, 0.3) is 0 Å². The lowest BCUT2D eigenvalue weighted by Gasteiger charge is -2.30. The monoisotopic (exact) mass is 519 g/mol. The van der Waals surface area contributed by atoms with Crippen LogP contribution in [0.4, 0.5) is 0 Å². The summed E-state index contributed by atoms with van der Waals surface area (Å²) in [5.41, 5.74) is 1.14. The van der Waals surface area contributed by atoms with Gasteiger partial charge in [0.25, 0.3) is 0 Å². The van der Waals surface area contributed by atoms with Crippen molar-refractivity contribution in [1.29, 1.82) is 0 Å². The molecule has 0 unspecified atom stereocenters. The molecule has 0 saturated carbocycles. The predicted molar refractivity (Wildman–Crippen MR) is 136 cm³/mol. The maximum absolute atomic E-state index is 5.82. The minimum Gasteiger partial charge on any atom is -0.492 e. The molecule has 0 saturated heterocycles. The zero-order valence-electron chi connectivity index (χ0n) is 19.4. The van der Waals surface area contributed by atoms with E-state index in [0.717, 1.165) is 43.5 Å². The number of hydrogen-bond acceptors (Lipinski definition) is 4. The Bertz CT molecular complexity index is 570. The summed E-state index contributed by atoms with van der Waals surface area (Å²) >= 11 is 0. The van der Waals surface area contributed by atoms with Crippen molar-refractivity contribution in [2.24, 2.45) is 4.99 Å². The summed E-state index contributed by atoms with van der Waals surface area (Å²) in [5.74, 6) is 1.76. The summed E-state index contributed by atoms with van der Waals surface area (Å²) in [5, 5.41) is 6.78. The van der Waals surface area contributed by atoms with Gasteiger partial charge in [0.2, 0.25) is 0 Å². The zero-order chi connectivity index (χ0) is 20.9. The van der Waals surface area contributed by atoms with E-state index in [-0.39, 0.29) is 24.0 Å². The number of rotatable bonds is 12. The molecule has 6 nitrogen and oxygen atoms in total. The third-order valence-electron chi connectivity index (χ3n) is 4.46. The van der Waals surface area contributed by atoms with Gasteiger partial charge >= 0.3 is 0 Å². The first-order chi connectivity index (χ1) is 13.3. The van der Waals surface area contributed by atoms with Crippen molar-refractivity contribution >= 4 is 29.9 Å². The van der Waals surface area contributed by atoms with Gasteiger partial charge < -0.3 is 20.3 Å². The Hall–Kier alpha value is -1.06. The molecular formula is C22H42IN5O. The van der Waals surface area contributed by atoms with Gasteiger partial charge in [-0.15, -0.1) is 24.0 Å². The maximum Gasteiger partial charge on any atom is 0.191 e. The fourth-order valence-electron chi connectivity index (χ4n) is 3.01. The Morgan fingerprint density at radius 3 is 2.34 bits per heavy atom. The van der Waals surface area contributed by atoms with E-state index in [0.29, 0.717) is 25.2 Å². The van der Waals surface area contributed by atoms with Gasteiger partial charge in [-0.25, -0.2) is 4.99 Å². The Kier molecular flexibility index (Phi) is 15.2. The van der Waals surface area contributed by atoms with Gasteiger partial charge in [-0.05, 0) is 66.4 Å². The van der Waals surface area contributed by atoms with Crippen molar-refractivity contribution in [1.82, 2.24) is 20.4 Å². The molecule has 1 rings (SSSR count). The molecule has 0 atom stereocenters. The second-order valence-electron chi connectivity index (χ2n) is 7.85. The highest BCUT2D eigenvalue weighted by Gasteiger charge is 2.12. The molecule has 1 aromatic carbocycles. The molecule has 0 aromatic heterocycles. The number of halogens is 1. The average molecular weight is 520 g/mol. The summed E-state index contributed by atoms with van der Waals surface area (Å²) in [4.78, 5) is 9.32. The molecule has 0 bridgehead atoms. The molecule has 0 aliphatic rings. The molecule has 2 N–H and O–H groups in total. The number of nitrogens with zero attached hydrogens (tertiary/aromatic N) is 3. The van der Waals surface area contributed by atoms with Crippen molar-refractivity contribution in [2.45, 2.75) is 53.2 Å². The Morgan fingerprint density at radius 2 is 1.76 bits per heavy atom. The highest BCUT2D eigenvalue weighted by atomic mass is 127. The molecule has 0 spiro atoms. The van der Waals surface area contributed by atoms with E-state index in [9.17, 15) is 0 Å². The highest BCUT2D eigenvalue weighted by molar-refractivity contribution is 14.0. The fourth-order valence-corrected chi connectivity index (χ4v) is 3.01. The van der Waals surface area contributed by atoms with Crippen LogP contribution in [0.15, 0.2) is 29.3 Å². The molecular weight excluding hydrogens is 477 g/mol. The number of likely N-dealkylation sites (N-methyl/N-ethyl adjacent to an activating group) is 1. The minimum atomic E-state index is 0. The van der Waals surface area contributed by atoms with Crippen molar-refractivity contribution in [3.63, 3.8) is 0 Å². The first kappa shape index (κ1) is 27.9. The molecule has 29 heavy (non-hydrogen) atoms. The number of aliphatic imine (C=N–C) groups is 1. The summed E-state index contributed by atoms with van der Waals surface area (Å²) in [6.45, 7) is 16.0. The quantitative estimate of drug-likeness (QED) is 0.252. The lowest BCUT2D eigenvalue weighted by atomic mass is 10.2. The number of guanidine groups is 1. The van der Waals surface area contributed by atoms with Crippen molar-refractivity contribution < 1.29 is 4.74 Å². The third kappa shape index (κ3) is 12.3. The van der Waals surface area contributed by atoms with Crippen LogP contribution < -0.4 is 15.4 Å². The molecule has 168 valence electrons. The molecule has 0 aliphatic heterocycles. The normalized spacial score (nSPS) is 11.9. The molecule has 0 aliphatic carbocycles. The van der Waals surface area contributed by atoms with E-state index < -0.39 is 0 Å². The van der Waals surface area contributed by atoms with Crippen molar-refractivity contribution in [3.05, 3.63) is 29.8 Å². The van der Waals surface area contributed by atoms with Gasteiger partial charge in [0.15, 0.2) is 5.96 Å². The Morgan fingerprint density at radius 1 is 1.07 bits per heavy atom. The minimum absolute atomic E-state index is 0. The first-order valence-electron chi connectivity index (χ1n) is 10.5. The van der Waals surface area contributed by atoms with Crippen LogP contribution in [-0.2, 0) is 6.54 Å². The number of benzene rings is 1. The first-order valence-corrected chi connectivity index (χ1v) is 10.5. The molecule has 1 aromatic rings. The van der Waals surface area contributed by atoms with Crippen LogP contribution in [0.5, 0.6) is 5.75 Å². The lowest BCUT2D eigenvalue weighted by Crippen LogP contribution is -2.45. The summed E-state index contributed by atoms with van der Waals surface area (Å²) in [7, 11) is 4.09. The fraction of sp³-hybridized carbons (Fsp3) is 0.682. The zero-order valence-corrected chi connectivity index (χ0v) is 21.7. The molecule has 0 heterocycles.